The summed E-state index contributed by atoms with van der Waals surface area (Å²) < 4.78 is 0.755. The molecule has 6 heteroatoms. The number of nitro groups is 1. The normalized spacial score (nSPS) is 26.0. The summed E-state index contributed by atoms with van der Waals surface area (Å²) in [6.45, 7) is 1.97. The standard InChI is InChI=1S/C15H20BrN3O2/c16-11-6-7-14(15(10-11)19(20)21)18-9-2-1-5-13(18)12-4-3-8-17-12/h6-7,10,12-13,17H,1-5,8-9H2. The third kappa shape index (κ3) is 3.06. The molecule has 2 atom stereocenters. The van der Waals surface area contributed by atoms with Gasteiger partial charge in [-0.2, -0.15) is 0 Å². The highest BCUT2D eigenvalue weighted by molar-refractivity contribution is 9.10. The third-order valence-electron chi connectivity index (χ3n) is 4.56. The lowest BCUT2D eigenvalue weighted by Crippen LogP contribution is -2.50. The fraction of sp³-hybridized carbons (Fsp3) is 0.600. The van der Waals surface area contributed by atoms with E-state index in [2.05, 4.69) is 26.1 Å². The van der Waals surface area contributed by atoms with Crippen molar-refractivity contribution in [2.75, 3.05) is 18.0 Å². The Balaban J connectivity index is 1.94. The summed E-state index contributed by atoms with van der Waals surface area (Å²) in [5.74, 6) is 0. The van der Waals surface area contributed by atoms with Gasteiger partial charge in [0, 0.05) is 29.2 Å². The SMILES string of the molecule is O=[N+]([O-])c1cc(Br)ccc1N1CCCCC1C1CCCN1. The van der Waals surface area contributed by atoms with Crippen molar-refractivity contribution in [1.82, 2.24) is 5.32 Å². The molecule has 3 rings (SSSR count). The Morgan fingerprint density at radius 1 is 1.29 bits per heavy atom. The molecule has 2 heterocycles. The molecule has 2 aliphatic rings. The highest BCUT2D eigenvalue weighted by Crippen LogP contribution is 2.36. The second-order valence-corrected chi connectivity index (χ2v) is 6.77. The van der Waals surface area contributed by atoms with Crippen LogP contribution in [0.25, 0.3) is 0 Å². The predicted octanol–water partition coefficient (Wildman–Crippen LogP) is 3.47. The van der Waals surface area contributed by atoms with Crippen molar-refractivity contribution in [3.63, 3.8) is 0 Å². The molecule has 2 fully saturated rings. The first-order valence-corrected chi connectivity index (χ1v) is 8.40. The molecule has 1 aromatic rings. The average Bonchev–Trinajstić information content (AvgIpc) is 3.01. The van der Waals surface area contributed by atoms with Gasteiger partial charge in [-0.15, -0.1) is 0 Å². The van der Waals surface area contributed by atoms with Crippen LogP contribution in [-0.4, -0.2) is 30.1 Å². The summed E-state index contributed by atoms with van der Waals surface area (Å²) in [5, 5.41) is 15.0. The minimum atomic E-state index is -0.270. The lowest BCUT2D eigenvalue weighted by molar-refractivity contribution is -0.384. The van der Waals surface area contributed by atoms with Gasteiger partial charge >= 0.3 is 0 Å². The summed E-state index contributed by atoms with van der Waals surface area (Å²) in [6, 6.07) is 6.24. The van der Waals surface area contributed by atoms with Crippen LogP contribution >= 0.6 is 15.9 Å². The molecule has 114 valence electrons. The lowest BCUT2D eigenvalue weighted by Gasteiger charge is -2.40. The van der Waals surface area contributed by atoms with Crippen LogP contribution in [0.15, 0.2) is 22.7 Å². The smallest absolute Gasteiger partial charge is 0.293 e. The predicted molar refractivity (Wildman–Crippen MR) is 86.8 cm³/mol. The van der Waals surface area contributed by atoms with Crippen molar-refractivity contribution in [2.45, 2.75) is 44.2 Å². The summed E-state index contributed by atoms with van der Waals surface area (Å²) in [5.41, 5.74) is 0.968. The second kappa shape index (κ2) is 6.32. The van der Waals surface area contributed by atoms with Gasteiger partial charge < -0.3 is 10.2 Å². The van der Waals surface area contributed by atoms with Crippen LogP contribution in [0.1, 0.15) is 32.1 Å². The van der Waals surface area contributed by atoms with E-state index in [0.29, 0.717) is 12.1 Å². The van der Waals surface area contributed by atoms with Crippen molar-refractivity contribution < 1.29 is 4.92 Å². The summed E-state index contributed by atoms with van der Waals surface area (Å²) in [7, 11) is 0. The van der Waals surface area contributed by atoms with E-state index in [1.165, 1.54) is 19.3 Å². The lowest BCUT2D eigenvalue weighted by atomic mass is 9.93. The number of nitrogens with zero attached hydrogens (tertiary/aromatic N) is 2. The van der Waals surface area contributed by atoms with Crippen molar-refractivity contribution in [3.8, 4) is 0 Å². The van der Waals surface area contributed by atoms with Gasteiger partial charge in [-0.25, -0.2) is 0 Å². The van der Waals surface area contributed by atoms with E-state index in [9.17, 15) is 10.1 Å². The third-order valence-corrected chi connectivity index (χ3v) is 5.05. The maximum atomic E-state index is 11.4. The molecule has 2 saturated heterocycles. The Bertz CT molecular complexity index is 532. The number of anilines is 1. The fourth-order valence-electron chi connectivity index (χ4n) is 3.60. The fourth-order valence-corrected chi connectivity index (χ4v) is 3.95. The van der Waals surface area contributed by atoms with Crippen molar-refractivity contribution >= 4 is 27.3 Å². The highest BCUT2D eigenvalue weighted by Gasteiger charge is 2.34. The van der Waals surface area contributed by atoms with E-state index in [-0.39, 0.29) is 10.6 Å². The van der Waals surface area contributed by atoms with Gasteiger partial charge in [-0.1, -0.05) is 15.9 Å². The highest BCUT2D eigenvalue weighted by atomic mass is 79.9. The quantitative estimate of drug-likeness (QED) is 0.667. The summed E-state index contributed by atoms with van der Waals surface area (Å²) in [4.78, 5) is 13.4. The van der Waals surface area contributed by atoms with Crippen molar-refractivity contribution in [3.05, 3.63) is 32.8 Å². The van der Waals surface area contributed by atoms with E-state index in [4.69, 9.17) is 0 Å². The van der Waals surface area contributed by atoms with Gasteiger partial charge in [0.05, 0.1) is 4.92 Å². The van der Waals surface area contributed by atoms with Crippen LogP contribution in [-0.2, 0) is 0 Å². The molecule has 0 aromatic heterocycles. The molecular formula is C15H20BrN3O2. The van der Waals surface area contributed by atoms with E-state index in [1.807, 2.05) is 12.1 Å². The number of halogens is 1. The molecule has 0 aliphatic carbocycles. The summed E-state index contributed by atoms with van der Waals surface area (Å²) >= 11 is 3.33. The molecule has 0 amide bonds. The minimum absolute atomic E-state index is 0.203. The largest absolute Gasteiger partial charge is 0.361 e. The van der Waals surface area contributed by atoms with E-state index >= 15 is 0 Å². The van der Waals surface area contributed by atoms with Crippen molar-refractivity contribution in [2.24, 2.45) is 0 Å². The van der Waals surface area contributed by atoms with Gasteiger partial charge in [0.25, 0.3) is 5.69 Å². The molecule has 0 radical (unpaired) electrons. The Morgan fingerprint density at radius 2 is 2.14 bits per heavy atom. The van der Waals surface area contributed by atoms with Crippen LogP contribution in [0.4, 0.5) is 11.4 Å². The molecule has 5 nitrogen and oxygen atoms in total. The minimum Gasteiger partial charge on any atom is -0.361 e. The van der Waals surface area contributed by atoms with Crippen LogP contribution < -0.4 is 10.2 Å². The topological polar surface area (TPSA) is 58.4 Å². The number of rotatable bonds is 3. The summed E-state index contributed by atoms with van der Waals surface area (Å²) in [6.07, 6.45) is 5.81. The zero-order valence-corrected chi connectivity index (χ0v) is 13.5. The Labute approximate surface area is 133 Å². The second-order valence-electron chi connectivity index (χ2n) is 5.85. The Kier molecular flexibility index (Phi) is 4.45. The Hall–Kier alpha value is -1.14. The van der Waals surface area contributed by atoms with Crippen LogP contribution in [0.5, 0.6) is 0 Å². The molecule has 0 saturated carbocycles. The van der Waals surface area contributed by atoms with Gasteiger partial charge in [-0.05, 0) is 50.8 Å². The van der Waals surface area contributed by atoms with Gasteiger partial charge in [-0.3, -0.25) is 10.1 Å². The van der Waals surface area contributed by atoms with E-state index in [1.54, 1.807) is 6.07 Å². The number of benzene rings is 1. The van der Waals surface area contributed by atoms with Crippen LogP contribution in [0, 0.1) is 10.1 Å². The number of piperidine rings is 1. The molecule has 2 unspecified atom stereocenters. The molecule has 0 spiro atoms. The molecule has 1 aromatic carbocycles. The average molecular weight is 354 g/mol. The molecule has 0 bridgehead atoms. The van der Waals surface area contributed by atoms with Crippen LogP contribution in [0.2, 0.25) is 0 Å². The first-order chi connectivity index (χ1) is 10.2. The molecular weight excluding hydrogens is 334 g/mol. The zero-order valence-electron chi connectivity index (χ0n) is 11.9. The molecule has 2 aliphatic heterocycles. The monoisotopic (exact) mass is 353 g/mol. The van der Waals surface area contributed by atoms with Crippen molar-refractivity contribution in [1.29, 1.82) is 0 Å². The molecule has 1 N–H and O–H groups in total. The Morgan fingerprint density at radius 3 is 2.86 bits per heavy atom. The molecule has 21 heavy (non-hydrogen) atoms. The maximum Gasteiger partial charge on any atom is 0.293 e. The number of hydrogen-bond donors (Lipinski definition) is 1. The van der Waals surface area contributed by atoms with Gasteiger partial charge in [0.1, 0.15) is 5.69 Å². The first-order valence-electron chi connectivity index (χ1n) is 7.61. The maximum absolute atomic E-state index is 11.4. The van der Waals surface area contributed by atoms with E-state index in [0.717, 1.165) is 36.1 Å². The number of hydrogen-bond acceptors (Lipinski definition) is 4. The first kappa shape index (κ1) is 14.8. The number of nitro benzene ring substituents is 1. The van der Waals surface area contributed by atoms with Gasteiger partial charge in [0.15, 0.2) is 0 Å². The number of nitrogens with one attached hydrogen (secondary N) is 1. The van der Waals surface area contributed by atoms with Gasteiger partial charge in [0.2, 0.25) is 0 Å². The zero-order chi connectivity index (χ0) is 14.8. The van der Waals surface area contributed by atoms with E-state index < -0.39 is 0 Å². The van der Waals surface area contributed by atoms with Crippen LogP contribution in [0.3, 0.4) is 0 Å².